The number of nitrogens with zero attached hydrogens (tertiary/aromatic N) is 4. The Morgan fingerprint density at radius 1 is 1.04 bits per heavy atom. The van der Waals surface area contributed by atoms with Crippen molar-refractivity contribution in [3.8, 4) is 22.7 Å². The lowest BCUT2D eigenvalue weighted by molar-refractivity contribution is 0.508. The lowest BCUT2D eigenvalue weighted by Crippen LogP contribution is -2.00. The number of hydrogen-bond donors (Lipinski definition) is 0. The first-order chi connectivity index (χ1) is 13.7. The summed E-state index contributed by atoms with van der Waals surface area (Å²) in [6.07, 6.45) is 1.93. The Kier molecular flexibility index (Phi) is 5.30. The van der Waals surface area contributed by atoms with Crippen LogP contribution in [0.5, 0.6) is 0 Å². The number of aromatic nitrogens is 4. The average Bonchev–Trinajstić information content (AvgIpc) is 3.36. The second-order valence-electron chi connectivity index (χ2n) is 6.61. The molecule has 0 radical (unpaired) electrons. The largest absolute Gasteiger partial charge is 0.419 e. The van der Waals surface area contributed by atoms with E-state index in [1.54, 1.807) is 11.8 Å². The molecule has 5 nitrogen and oxygen atoms in total. The summed E-state index contributed by atoms with van der Waals surface area (Å²) in [5.41, 5.74) is 4.38. The number of rotatable bonds is 6. The number of benzene rings is 2. The number of thioether (sulfide) groups is 1. The molecule has 28 heavy (non-hydrogen) atoms. The first-order valence-electron chi connectivity index (χ1n) is 9.33. The van der Waals surface area contributed by atoms with Crippen molar-refractivity contribution >= 4 is 11.8 Å². The van der Waals surface area contributed by atoms with Gasteiger partial charge in [0.25, 0.3) is 0 Å². The van der Waals surface area contributed by atoms with E-state index in [0.717, 1.165) is 34.1 Å². The molecule has 0 spiro atoms. The van der Waals surface area contributed by atoms with Crippen LogP contribution >= 0.6 is 11.8 Å². The molecular formula is C22H22N4OS. The van der Waals surface area contributed by atoms with Gasteiger partial charge in [0.05, 0.1) is 17.1 Å². The van der Waals surface area contributed by atoms with Gasteiger partial charge in [-0.15, -0.1) is 10.2 Å². The monoisotopic (exact) mass is 390 g/mol. The van der Waals surface area contributed by atoms with Crippen molar-refractivity contribution in [2.75, 3.05) is 0 Å². The maximum Gasteiger partial charge on any atom is 0.247 e. The molecule has 0 saturated heterocycles. The number of imidazole rings is 1. The molecule has 142 valence electrons. The molecule has 2 heterocycles. The van der Waals surface area contributed by atoms with Crippen LogP contribution in [0.25, 0.3) is 22.7 Å². The van der Waals surface area contributed by atoms with Crippen molar-refractivity contribution in [2.24, 2.45) is 0 Å². The highest BCUT2D eigenvalue weighted by atomic mass is 32.2. The van der Waals surface area contributed by atoms with Crippen LogP contribution in [0, 0.1) is 6.92 Å². The van der Waals surface area contributed by atoms with Crippen LogP contribution in [-0.2, 0) is 6.54 Å². The van der Waals surface area contributed by atoms with Crippen molar-refractivity contribution in [3.05, 3.63) is 72.2 Å². The molecule has 2 aromatic carbocycles. The van der Waals surface area contributed by atoms with Gasteiger partial charge >= 0.3 is 0 Å². The predicted octanol–water partition coefficient (Wildman–Crippen LogP) is 5.78. The molecule has 0 aliphatic carbocycles. The first-order valence-corrected chi connectivity index (χ1v) is 10.2. The summed E-state index contributed by atoms with van der Waals surface area (Å²) in [6, 6.07) is 18.4. The summed E-state index contributed by atoms with van der Waals surface area (Å²) in [5, 5.41) is 9.44. The topological polar surface area (TPSA) is 56.7 Å². The highest BCUT2D eigenvalue weighted by molar-refractivity contribution is 7.99. The average molecular weight is 391 g/mol. The lowest BCUT2D eigenvalue weighted by Gasteiger charge is -2.11. The zero-order valence-electron chi connectivity index (χ0n) is 16.2. The van der Waals surface area contributed by atoms with Gasteiger partial charge in [-0.3, -0.25) is 0 Å². The molecule has 0 unspecified atom stereocenters. The number of hydrogen-bond acceptors (Lipinski definition) is 5. The van der Waals surface area contributed by atoms with E-state index in [1.807, 2.05) is 55.6 Å². The van der Waals surface area contributed by atoms with Crippen molar-refractivity contribution in [3.63, 3.8) is 0 Å². The Bertz CT molecular complexity index is 1070. The van der Waals surface area contributed by atoms with Gasteiger partial charge in [0.2, 0.25) is 11.8 Å². The fourth-order valence-electron chi connectivity index (χ4n) is 3.10. The maximum absolute atomic E-state index is 5.94. The van der Waals surface area contributed by atoms with Gasteiger partial charge in [0.15, 0.2) is 5.16 Å². The second-order valence-corrected chi connectivity index (χ2v) is 7.92. The summed E-state index contributed by atoms with van der Waals surface area (Å²) in [6.45, 7) is 7.09. The van der Waals surface area contributed by atoms with Crippen molar-refractivity contribution in [2.45, 2.75) is 37.7 Å². The van der Waals surface area contributed by atoms with E-state index in [1.165, 1.54) is 0 Å². The van der Waals surface area contributed by atoms with E-state index in [0.29, 0.717) is 11.8 Å². The molecule has 0 amide bonds. The van der Waals surface area contributed by atoms with Crippen LogP contribution < -0.4 is 0 Å². The normalized spacial score (nSPS) is 12.2. The Balaban J connectivity index is 1.56. The first kappa shape index (κ1) is 18.5. The van der Waals surface area contributed by atoms with Gasteiger partial charge in [-0.25, -0.2) is 4.98 Å². The molecule has 4 rings (SSSR count). The molecule has 0 N–H and O–H groups in total. The van der Waals surface area contributed by atoms with Crippen LogP contribution in [0.2, 0.25) is 0 Å². The molecule has 6 heteroatoms. The molecule has 0 fully saturated rings. The standard InChI is InChI=1S/C22H22N4OS/c1-4-26-19(17-10-6-5-7-11-17)14-23-22(26)28-16(3)20-24-25-21(27-20)18-12-8-9-15(2)13-18/h5-14,16H,4H2,1-3H3/t16-/m1/s1. The third-order valence-electron chi connectivity index (χ3n) is 4.54. The van der Waals surface area contributed by atoms with Gasteiger partial charge in [0, 0.05) is 12.1 Å². The van der Waals surface area contributed by atoms with E-state index in [4.69, 9.17) is 4.42 Å². The van der Waals surface area contributed by atoms with Crippen molar-refractivity contribution < 1.29 is 4.42 Å². The maximum atomic E-state index is 5.94. The van der Waals surface area contributed by atoms with Gasteiger partial charge < -0.3 is 8.98 Å². The zero-order valence-corrected chi connectivity index (χ0v) is 17.0. The molecule has 2 aromatic heterocycles. The molecule has 0 bridgehead atoms. The molecule has 1 atom stereocenters. The Labute approximate surface area is 168 Å². The third kappa shape index (κ3) is 3.73. The second kappa shape index (κ2) is 8.02. The fraction of sp³-hybridized carbons (Fsp3) is 0.227. The van der Waals surface area contributed by atoms with E-state index < -0.39 is 0 Å². The Morgan fingerprint density at radius 3 is 2.57 bits per heavy atom. The minimum Gasteiger partial charge on any atom is -0.419 e. The number of aryl methyl sites for hydroxylation is 1. The summed E-state index contributed by atoms with van der Waals surface area (Å²) in [5.74, 6) is 1.16. The summed E-state index contributed by atoms with van der Waals surface area (Å²) < 4.78 is 8.16. The minimum atomic E-state index is 0.00221. The summed E-state index contributed by atoms with van der Waals surface area (Å²) in [4.78, 5) is 4.64. The zero-order chi connectivity index (χ0) is 19.5. The molecule has 0 aliphatic rings. The van der Waals surface area contributed by atoms with E-state index in [9.17, 15) is 0 Å². The molecule has 0 saturated carbocycles. The summed E-state index contributed by atoms with van der Waals surface area (Å²) >= 11 is 1.63. The van der Waals surface area contributed by atoms with Crippen LogP contribution in [0.15, 0.2) is 70.4 Å². The van der Waals surface area contributed by atoms with Crippen LogP contribution in [0.1, 0.15) is 30.6 Å². The smallest absolute Gasteiger partial charge is 0.247 e. The van der Waals surface area contributed by atoms with Crippen molar-refractivity contribution in [1.82, 2.24) is 19.7 Å². The Morgan fingerprint density at radius 2 is 1.82 bits per heavy atom. The quantitative estimate of drug-likeness (QED) is 0.391. The van der Waals surface area contributed by atoms with E-state index in [-0.39, 0.29) is 5.25 Å². The van der Waals surface area contributed by atoms with Gasteiger partial charge in [-0.05, 0) is 38.5 Å². The van der Waals surface area contributed by atoms with Crippen LogP contribution in [0.4, 0.5) is 0 Å². The highest BCUT2D eigenvalue weighted by Gasteiger charge is 2.20. The molecular weight excluding hydrogens is 368 g/mol. The van der Waals surface area contributed by atoms with E-state index in [2.05, 4.69) is 45.7 Å². The lowest BCUT2D eigenvalue weighted by atomic mass is 10.1. The summed E-state index contributed by atoms with van der Waals surface area (Å²) in [7, 11) is 0. The van der Waals surface area contributed by atoms with Gasteiger partial charge in [-0.1, -0.05) is 59.8 Å². The van der Waals surface area contributed by atoms with Crippen LogP contribution in [-0.4, -0.2) is 19.7 Å². The molecule has 4 aromatic rings. The Hall–Kier alpha value is -2.86. The minimum absolute atomic E-state index is 0.00221. The van der Waals surface area contributed by atoms with Gasteiger partial charge in [-0.2, -0.15) is 0 Å². The predicted molar refractivity (Wildman–Crippen MR) is 112 cm³/mol. The SMILES string of the molecule is CCn1c(-c2ccccc2)cnc1S[C@H](C)c1nnc(-c2cccc(C)c2)o1. The van der Waals surface area contributed by atoms with Gasteiger partial charge in [0.1, 0.15) is 0 Å². The van der Waals surface area contributed by atoms with Crippen molar-refractivity contribution in [1.29, 1.82) is 0 Å². The highest BCUT2D eigenvalue weighted by Crippen LogP contribution is 2.36. The van der Waals surface area contributed by atoms with Crippen LogP contribution in [0.3, 0.4) is 0 Å². The third-order valence-corrected chi connectivity index (χ3v) is 5.63. The molecule has 0 aliphatic heterocycles. The fourth-order valence-corrected chi connectivity index (χ4v) is 4.08. The van der Waals surface area contributed by atoms with E-state index >= 15 is 0 Å².